The van der Waals surface area contributed by atoms with Crippen LogP contribution in [0.5, 0.6) is 0 Å². The largest absolute Gasteiger partial charge is 0.368 e. The van der Waals surface area contributed by atoms with Gasteiger partial charge in [0.1, 0.15) is 5.69 Å². The van der Waals surface area contributed by atoms with Gasteiger partial charge in [-0.25, -0.2) is 14.4 Å². The first-order valence-electron chi connectivity index (χ1n) is 6.01. The standard InChI is InChI=1S/C13H14BrFN4/c1-3-6-16-13-11(15)8(2)18-12(19-13)10-5-4-9(14)7-17-10/h4-5,7H,3,6H2,1-2H3,(H,16,18,19). The second-order valence-corrected chi connectivity index (χ2v) is 5.00. The van der Waals surface area contributed by atoms with E-state index < -0.39 is 5.82 Å². The average Bonchev–Trinajstić information content (AvgIpc) is 2.41. The van der Waals surface area contributed by atoms with Crippen molar-refractivity contribution in [3.8, 4) is 11.5 Å². The Labute approximate surface area is 119 Å². The molecule has 0 saturated heterocycles. The van der Waals surface area contributed by atoms with Gasteiger partial charge >= 0.3 is 0 Å². The number of nitrogens with zero attached hydrogens (tertiary/aromatic N) is 3. The molecule has 6 heteroatoms. The van der Waals surface area contributed by atoms with Crippen LogP contribution in [0, 0.1) is 12.7 Å². The van der Waals surface area contributed by atoms with Gasteiger partial charge in [-0.2, -0.15) is 0 Å². The monoisotopic (exact) mass is 324 g/mol. The molecule has 0 spiro atoms. The third-order valence-corrected chi connectivity index (χ3v) is 2.98. The number of rotatable bonds is 4. The molecule has 0 aliphatic rings. The number of anilines is 1. The molecule has 4 nitrogen and oxygen atoms in total. The predicted molar refractivity (Wildman–Crippen MR) is 76.4 cm³/mol. The van der Waals surface area contributed by atoms with Crippen molar-refractivity contribution < 1.29 is 4.39 Å². The summed E-state index contributed by atoms with van der Waals surface area (Å²) in [5.41, 5.74) is 0.930. The normalized spacial score (nSPS) is 10.5. The van der Waals surface area contributed by atoms with Gasteiger partial charge in [0.2, 0.25) is 0 Å². The Hall–Kier alpha value is -1.56. The van der Waals surface area contributed by atoms with Gasteiger partial charge in [-0.15, -0.1) is 0 Å². The fraction of sp³-hybridized carbons (Fsp3) is 0.308. The molecule has 2 rings (SSSR count). The van der Waals surface area contributed by atoms with Gasteiger partial charge in [-0.3, -0.25) is 4.98 Å². The van der Waals surface area contributed by atoms with Crippen LogP contribution in [-0.4, -0.2) is 21.5 Å². The third kappa shape index (κ3) is 3.26. The Kier molecular flexibility index (Phi) is 4.42. The fourth-order valence-electron chi connectivity index (χ4n) is 1.54. The first-order valence-corrected chi connectivity index (χ1v) is 6.81. The van der Waals surface area contributed by atoms with Crippen LogP contribution >= 0.6 is 15.9 Å². The van der Waals surface area contributed by atoms with Crippen molar-refractivity contribution in [2.24, 2.45) is 0 Å². The van der Waals surface area contributed by atoms with Crippen LogP contribution in [0.25, 0.3) is 11.5 Å². The van der Waals surface area contributed by atoms with Crippen LogP contribution in [0.3, 0.4) is 0 Å². The molecule has 0 bridgehead atoms. The van der Waals surface area contributed by atoms with Crippen molar-refractivity contribution in [2.75, 3.05) is 11.9 Å². The van der Waals surface area contributed by atoms with Crippen molar-refractivity contribution in [1.82, 2.24) is 15.0 Å². The topological polar surface area (TPSA) is 50.7 Å². The van der Waals surface area contributed by atoms with Crippen LogP contribution in [0.4, 0.5) is 10.2 Å². The summed E-state index contributed by atoms with van der Waals surface area (Å²) in [4.78, 5) is 12.6. The van der Waals surface area contributed by atoms with Gasteiger partial charge in [0.25, 0.3) is 0 Å². The van der Waals surface area contributed by atoms with E-state index >= 15 is 0 Å². The summed E-state index contributed by atoms with van der Waals surface area (Å²) in [7, 11) is 0. The van der Waals surface area contributed by atoms with Gasteiger partial charge in [0, 0.05) is 17.2 Å². The summed E-state index contributed by atoms with van der Waals surface area (Å²) in [5.74, 6) is 0.244. The van der Waals surface area contributed by atoms with E-state index in [4.69, 9.17) is 0 Å². The first kappa shape index (κ1) is 13.9. The molecule has 0 fully saturated rings. The van der Waals surface area contributed by atoms with E-state index in [0.29, 0.717) is 23.8 Å². The first-order chi connectivity index (χ1) is 9.11. The Morgan fingerprint density at radius 2 is 2.11 bits per heavy atom. The summed E-state index contributed by atoms with van der Waals surface area (Å²) < 4.78 is 14.7. The number of halogens is 2. The Morgan fingerprint density at radius 1 is 1.32 bits per heavy atom. The number of nitrogens with one attached hydrogen (secondary N) is 1. The van der Waals surface area contributed by atoms with Gasteiger partial charge < -0.3 is 5.32 Å². The predicted octanol–water partition coefficient (Wildman–Crippen LogP) is 3.57. The molecule has 0 unspecified atom stereocenters. The maximum absolute atomic E-state index is 13.9. The Balaban J connectivity index is 2.40. The summed E-state index contributed by atoms with van der Waals surface area (Å²) in [6, 6.07) is 3.64. The molecule has 1 N–H and O–H groups in total. The zero-order chi connectivity index (χ0) is 13.8. The van der Waals surface area contributed by atoms with E-state index in [9.17, 15) is 4.39 Å². The minimum atomic E-state index is -0.408. The van der Waals surface area contributed by atoms with Gasteiger partial charge in [-0.1, -0.05) is 6.92 Å². The highest BCUT2D eigenvalue weighted by atomic mass is 79.9. The highest BCUT2D eigenvalue weighted by Crippen LogP contribution is 2.20. The number of hydrogen-bond acceptors (Lipinski definition) is 4. The maximum Gasteiger partial charge on any atom is 0.186 e. The quantitative estimate of drug-likeness (QED) is 0.934. The summed E-state index contributed by atoms with van der Waals surface area (Å²) in [6.45, 7) is 4.30. The molecule has 0 aliphatic carbocycles. The second kappa shape index (κ2) is 6.06. The molecular weight excluding hydrogens is 311 g/mol. The average molecular weight is 325 g/mol. The van der Waals surface area contributed by atoms with E-state index in [-0.39, 0.29) is 5.82 Å². The molecule has 0 amide bonds. The number of hydrogen-bond donors (Lipinski definition) is 1. The lowest BCUT2D eigenvalue weighted by Gasteiger charge is -2.09. The minimum Gasteiger partial charge on any atom is -0.368 e. The van der Waals surface area contributed by atoms with Gasteiger partial charge in [0.05, 0.1) is 5.69 Å². The lowest BCUT2D eigenvalue weighted by molar-refractivity contribution is 0.605. The van der Waals surface area contributed by atoms with E-state index in [1.807, 2.05) is 13.0 Å². The van der Waals surface area contributed by atoms with Crippen LogP contribution in [0.2, 0.25) is 0 Å². The zero-order valence-electron chi connectivity index (χ0n) is 10.7. The van der Waals surface area contributed by atoms with Gasteiger partial charge in [0.15, 0.2) is 17.5 Å². The molecule has 100 valence electrons. The number of pyridine rings is 1. The third-order valence-electron chi connectivity index (χ3n) is 2.52. The van der Waals surface area contributed by atoms with Crippen LogP contribution in [-0.2, 0) is 0 Å². The summed E-state index contributed by atoms with van der Waals surface area (Å²) in [6.07, 6.45) is 2.56. The molecule has 2 aromatic heterocycles. The Bertz CT molecular complexity index is 572. The molecule has 2 aromatic rings. The zero-order valence-corrected chi connectivity index (χ0v) is 12.3. The molecule has 0 aromatic carbocycles. The minimum absolute atomic E-state index is 0.231. The smallest absolute Gasteiger partial charge is 0.186 e. The van der Waals surface area contributed by atoms with Crippen molar-refractivity contribution >= 4 is 21.7 Å². The van der Waals surface area contributed by atoms with Crippen molar-refractivity contribution in [1.29, 1.82) is 0 Å². The summed E-state index contributed by atoms with van der Waals surface area (Å²) >= 11 is 3.32. The number of aromatic nitrogens is 3. The van der Waals surface area contributed by atoms with Crippen LogP contribution in [0.15, 0.2) is 22.8 Å². The van der Waals surface area contributed by atoms with Crippen LogP contribution in [0.1, 0.15) is 19.0 Å². The SMILES string of the molecule is CCCNc1nc(-c2ccc(Br)cn2)nc(C)c1F. The van der Waals surface area contributed by atoms with Crippen LogP contribution < -0.4 is 5.32 Å². The van der Waals surface area contributed by atoms with E-state index in [2.05, 4.69) is 36.2 Å². The lowest BCUT2D eigenvalue weighted by Crippen LogP contribution is -2.08. The molecule has 0 atom stereocenters. The summed E-state index contributed by atoms with van der Waals surface area (Å²) in [5, 5.41) is 2.96. The van der Waals surface area contributed by atoms with Gasteiger partial charge in [-0.05, 0) is 41.4 Å². The Morgan fingerprint density at radius 3 is 2.74 bits per heavy atom. The molecule has 0 saturated carbocycles. The highest BCUT2D eigenvalue weighted by molar-refractivity contribution is 9.10. The molecular formula is C13H14BrFN4. The van der Waals surface area contributed by atoms with E-state index in [0.717, 1.165) is 10.9 Å². The van der Waals surface area contributed by atoms with Crippen molar-refractivity contribution in [3.05, 3.63) is 34.3 Å². The molecule has 2 heterocycles. The maximum atomic E-state index is 13.9. The lowest BCUT2D eigenvalue weighted by atomic mass is 10.3. The fourth-order valence-corrected chi connectivity index (χ4v) is 1.78. The van der Waals surface area contributed by atoms with E-state index in [1.54, 1.807) is 19.2 Å². The molecule has 19 heavy (non-hydrogen) atoms. The van der Waals surface area contributed by atoms with Crippen molar-refractivity contribution in [3.63, 3.8) is 0 Å². The second-order valence-electron chi connectivity index (χ2n) is 4.08. The highest BCUT2D eigenvalue weighted by Gasteiger charge is 2.12. The van der Waals surface area contributed by atoms with E-state index in [1.165, 1.54) is 0 Å². The van der Waals surface area contributed by atoms with Crippen molar-refractivity contribution in [2.45, 2.75) is 20.3 Å². The number of aryl methyl sites for hydroxylation is 1. The molecule has 0 aliphatic heterocycles. The molecule has 0 radical (unpaired) electrons.